The summed E-state index contributed by atoms with van der Waals surface area (Å²) in [6, 6.07) is 12.7. The van der Waals surface area contributed by atoms with E-state index in [0.29, 0.717) is 30.8 Å². The van der Waals surface area contributed by atoms with E-state index in [1.807, 2.05) is 0 Å². The Bertz CT molecular complexity index is 1240. The van der Waals surface area contributed by atoms with E-state index in [9.17, 15) is 21.2 Å². The Morgan fingerprint density at radius 2 is 1.76 bits per heavy atom. The lowest BCUT2D eigenvalue weighted by Gasteiger charge is -2.31. The zero-order valence-electron chi connectivity index (χ0n) is 15.1. The van der Waals surface area contributed by atoms with Gasteiger partial charge in [-0.3, -0.25) is 9.03 Å². The average molecular weight is 453 g/mol. The predicted molar refractivity (Wildman–Crippen MR) is 111 cm³/mol. The molecule has 1 aromatic heterocycles. The fraction of sp³-hybridized carbons (Fsp3) is 0.158. The summed E-state index contributed by atoms with van der Waals surface area (Å²) in [5, 5.41) is 1.68. The number of thiophene rings is 1. The van der Waals surface area contributed by atoms with Gasteiger partial charge in [-0.2, -0.15) is 0 Å². The number of sulfonamides is 2. The van der Waals surface area contributed by atoms with Crippen LogP contribution in [0, 0.1) is 5.82 Å². The topological polar surface area (TPSA) is 83.6 Å². The number of anilines is 2. The molecule has 1 N–H and O–H groups in total. The number of rotatable bonds is 5. The molecule has 0 aliphatic carbocycles. The molecule has 0 radical (unpaired) electrons. The fourth-order valence-corrected chi connectivity index (χ4v) is 6.81. The van der Waals surface area contributed by atoms with Crippen molar-refractivity contribution < 1.29 is 21.2 Å². The maximum atomic E-state index is 13.2. The van der Waals surface area contributed by atoms with E-state index in [2.05, 4.69) is 4.72 Å². The van der Waals surface area contributed by atoms with E-state index < -0.39 is 25.9 Å². The molecule has 10 heteroatoms. The Morgan fingerprint density at radius 3 is 2.45 bits per heavy atom. The smallest absolute Gasteiger partial charge is 0.271 e. The number of hydrogen-bond donors (Lipinski definition) is 1. The normalized spacial score (nSPS) is 14.4. The molecule has 0 spiro atoms. The van der Waals surface area contributed by atoms with Crippen molar-refractivity contribution in [2.75, 3.05) is 15.6 Å². The van der Waals surface area contributed by atoms with Gasteiger partial charge in [0.15, 0.2) is 0 Å². The van der Waals surface area contributed by atoms with Crippen molar-refractivity contribution in [2.24, 2.45) is 0 Å². The Labute approximate surface area is 172 Å². The predicted octanol–water partition coefficient (Wildman–Crippen LogP) is 3.83. The van der Waals surface area contributed by atoms with Gasteiger partial charge in [-0.25, -0.2) is 21.2 Å². The maximum absolute atomic E-state index is 13.2. The van der Waals surface area contributed by atoms with Crippen LogP contribution in [-0.4, -0.2) is 23.4 Å². The van der Waals surface area contributed by atoms with E-state index in [1.54, 1.807) is 29.6 Å². The summed E-state index contributed by atoms with van der Waals surface area (Å²) in [5.74, 6) is -0.509. The van der Waals surface area contributed by atoms with Crippen LogP contribution in [0.1, 0.15) is 12.0 Å². The number of hydrogen-bond acceptors (Lipinski definition) is 5. The Balaban J connectivity index is 1.66. The Kier molecular flexibility index (Phi) is 5.09. The molecular formula is C19H17FN2O4S3. The largest absolute Gasteiger partial charge is 0.279 e. The fourth-order valence-electron chi connectivity index (χ4n) is 3.23. The highest BCUT2D eigenvalue weighted by Crippen LogP contribution is 2.34. The highest BCUT2D eigenvalue weighted by molar-refractivity contribution is 7.94. The molecular weight excluding hydrogens is 435 g/mol. The lowest BCUT2D eigenvalue weighted by molar-refractivity contribution is 0.585. The third-order valence-corrected chi connectivity index (χ3v) is 9.18. The molecule has 2 aromatic carbocycles. The summed E-state index contributed by atoms with van der Waals surface area (Å²) in [6.45, 7) is 0.299. The van der Waals surface area contributed by atoms with E-state index >= 15 is 0 Å². The van der Waals surface area contributed by atoms with Crippen molar-refractivity contribution in [3.63, 3.8) is 0 Å². The second-order valence-corrected chi connectivity index (χ2v) is 11.2. The molecule has 29 heavy (non-hydrogen) atoms. The number of nitrogens with one attached hydrogen (secondary N) is 1. The van der Waals surface area contributed by atoms with Crippen LogP contribution in [0.2, 0.25) is 0 Å². The van der Waals surface area contributed by atoms with E-state index in [0.717, 1.165) is 29.0 Å². The van der Waals surface area contributed by atoms with Gasteiger partial charge in [0, 0.05) is 12.2 Å². The first-order valence-corrected chi connectivity index (χ1v) is 12.6. The first kappa shape index (κ1) is 19.9. The first-order valence-electron chi connectivity index (χ1n) is 8.75. The molecule has 0 saturated heterocycles. The van der Waals surface area contributed by atoms with Crippen molar-refractivity contribution in [2.45, 2.75) is 21.9 Å². The number of aryl methyl sites for hydroxylation is 1. The zero-order valence-corrected chi connectivity index (χ0v) is 17.5. The van der Waals surface area contributed by atoms with Gasteiger partial charge < -0.3 is 0 Å². The minimum absolute atomic E-state index is 0.00854. The van der Waals surface area contributed by atoms with Crippen molar-refractivity contribution in [3.05, 3.63) is 71.4 Å². The van der Waals surface area contributed by atoms with Gasteiger partial charge in [0.05, 0.1) is 10.6 Å². The van der Waals surface area contributed by atoms with E-state index in [-0.39, 0.29) is 9.10 Å². The molecule has 6 nitrogen and oxygen atoms in total. The van der Waals surface area contributed by atoms with Crippen LogP contribution in [0.3, 0.4) is 0 Å². The molecule has 0 fully saturated rings. The number of benzene rings is 2. The molecule has 0 saturated carbocycles. The summed E-state index contributed by atoms with van der Waals surface area (Å²) in [4.78, 5) is 0.00854. The lowest BCUT2D eigenvalue weighted by atomic mass is 10.0. The summed E-state index contributed by atoms with van der Waals surface area (Å²) < 4.78 is 68.1. The number of halogens is 1. The summed E-state index contributed by atoms with van der Waals surface area (Å²) in [7, 11) is -7.53. The molecule has 3 aromatic rings. The van der Waals surface area contributed by atoms with Gasteiger partial charge in [-0.1, -0.05) is 6.07 Å². The van der Waals surface area contributed by atoms with Crippen LogP contribution in [0.5, 0.6) is 0 Å². The Hall–Kier alpha value is -2.43. The highest BCUT2D eigenvalue weighted by Gasteiger charge is 2.29. The summed E-state index contributed by atoms with van der Waals surface area (Å²) >= 11 is 1.12. The van der Waals surface area contributed by atoms with Crippen LogP contribution in [-0.2, 0) is 26.5 Å². The van der Waals surface area contributed by atoms with Crippen molar-refractivity contribution >= 4 is 42.8 Å². The highest BCUT2D eigenvalue weighted by atomic mass is 32.2. The second-order valence-electron chi connectivity index (χ2n) is 6.52. The van der Waals surface area contributed by atoms with Crippen LogP contribution in [0.4, 0.5) is 15.8 Å². The monoisotopic (exact) mass is 452 g/mol. The van der Waals surface area contributed by atoms with E-state index in [1.165, 1.54) is 22.5 Å². The van der Waals surface area contributed by atoms with Crippen LogP contribution >= 0.6 is 11.3 Å². The first-order chi connectivity index (χ1) is 13.8. The van der Waals surface area contributed by atoms with E-state index in [4.69, 9.17) is 0 Å². The van der Waals surface area contributed by atoms with Gasteiger partial charge in [-0.15, -0.1) is 11.3 Å². The lowest BCUT2D eigenvalue weighted by Crippen LogP contribution is -2.35. The third-order valence-electron chi connectivity index (χ3n) is 4.57. The van der Waals surface area contributed by atoms with Gasteiger partial charge in [0.2, 0.25) is 0 Å². The standard InChI is InChI=1S/C19H17FN2O4S3/c20-15-5-8-17(9-6-15)29(25,26)22-11-1-3-14-13-16(7-10-18(14)22)21-28(23,24)19-4-2-12-27-19/h2,4-10,12-13,21H,1,3,11H2. The minimum atomic E-state index is -3.85. The number of nitrogens with zero attached hydrogens (tertiary/aromatic N) is 1. The summed E-state index contributed by atoms with van der Waals surface area (Å²) in [6.07, 6.45) is 1.22. The quantitative estimate of drug-likeness (QED) is 0.638. The SMILES string of the molecule is O=S(=O)(Nc1ccc2c(c1)CCCN2S(=O)(=O)c1ccc(F)cc1)c1cccs1. The molecule has 0 atom stereocenters. The third kappa shape index (κ3) is 3.87. The van der Waals surface area contributed by atoms with Crippen LogP contribution < -0.4 is 9.03 Å². The van der Waals surface area contributed by atoms with Crippen molar-refractivity contribution in [3.8, 4) is 0 Å². The van der Waals surface area contributed by atoms with Gasteiger partial charge >= 0.3 is 0 Å². The molecule has 2 heterocycles. The molecule has 0 amide bonds. The van der Waals surface area contributed by atoms with Crippen molar-refractivity contribution in [1.29, 1.82) is 0 Å². The second kappa shape index (κ2) is 7.43. The van der Waals surface area contributed by atoms with Gasteiger partial charge in [0.25, 0.3) is 20.0 Å². The van der Waals surface area contributed by atoms with Gasteiger partial charge in [-0.05, 0) is 72.3 Å². The van der Waals surface area contributed by atoms with Crippen LogP contribution in [0.15, 0.2) is 69.1 Å². The Morgan fingerprint density at radius 1 is 1.00 bits per heavy atom. The van der Waals surface area contributed by atoms with Gasteiger partial charge in [0.1, 0.15) is 10.0 Å². The maximum Gasteiger partial charge on any atom is 0.271 e. The average Bonchev–Trinajstić information content (AvgIpc) is 3.23. The van der Waals surface area contributed by atoms with Crippen molar-refractivity contribution in [1.82, 2.24) is 0 Å². The molecule has 152 valence electrons. The molecule has 4 rings (SSSR count). The molecule has 1 aliphatic heterocycles. The van der Waals surface area contributed by atoms with Crippen LogP contribution in [0.25, 0.3) is 0 Å². The molecule has 0 unspecified atom stereocenters. The zero-order chi connectivity index (χ0) is 20.6. The minimum Gasteiger partial charge on any atom is -0.279 e. The molecule has 0 bridgehead atoms. The number of fused-ring (bicyclic) bond motifs is 1. The summed E-state index contributed by atoms with van der Waals surface area (Å²) in [5.41, 5.74) is 1.60. The molecule has 1 aliphatic rings.